The number of nitrogens with zero attached hydrogens (tertiary/aromatic N) is 1. The molecule has 0 aromatic carbocycles. The average molecular weight is 287 g/mol. The van der Waals surface area contributed by atoms with Gasteiger partial charge in [-0.05, 0) is 50.6 Å². The van der Waals surface area contributed by atoms with Gasteiger partial charge in [-0.15, -0.1) is 12.4 Å². The van der Waals surface area contributed by atoms with Crippen LogP contribution in [0.4, 0.5) is 0 Å². The van der Waals surface area contributed by atoms with Crippen LogP contribution in [0.2, 0.25) is 0 Å². The first-order valence-corrected chi connectivity index (χ1v) is 7.64. The first-order chi connectivity index (χ1) is 8.64. The lowest BCUT2D eigenvalue weighted by atomic mass is 9.78. The highest BCUT2D eigenvalue weighted by atomic mass is 35.5. The Labute approximate surface area is 122 Å². The number of halogens is 1. The van der Waals surface area contributed by atoms with Crippen molar-refractivity contribution in [2.75, 3.05) is 26.2 Å². The molecular formula is C15H27ClN2O. The number of hydrogen-bond donors (Lipinski definition) is 1. The maximum atomic E-state index is 12.7. The maximum absolute atomic E-state index is 12.7. The van der Waals surface area contributed by atoms with E-state index in [9.17, 15) is 4.79 Å². The van der Waals surface area contributed by atoms with Gasteiger partial charge < -0.3 is 10.2 Å². The smallest absolute Gasteiger partial charge is 0.228 e. The SMILES string of the molecule is CC1(C(=O)N2CCC3(CCNCC3)C2)CCCC1.Cl. The summed E-state index contributed by atoms with van der Waals surface area (Å²) in [5.74, 6) is 0.454. The minimum Gasteiger partial charge on any atom is -0.342 e. The first kappa shape index (κ1) is 15.1. The van der Waals surface area contributed by atoms with Crippen molar-refractivity contribution >= 4 is 18.3 Å². The van der Waals surface area contributed by atoms with Gasteiger partial charge in [0.2, 0.25) is 5.91 Å². The van der Waals surface area contributed by atoms with Gasteiger partial charge in [0.1, 0.15) is 0 Å². The molecular weight excluding hydrogens is 260 g/mol. The van der Waals surface area contributed by atoms with E-state index in [4.69, 9.17) is 0 Å². The average Bonchev–Trinajstić information content (AvgIpc) is 2.98. The highest BCUT2D eigenvalue weighted by molar-refractivity contribution is 5.85. The van der Waals surface area contributed by atoms with E-state index in [2.05, 4.69) is 17.1 Å². The summed E-state index contributed by atoms with van der Waals surface area (Å²) in [5, 5.41) is 3.44. The third-order valence-corrected chi connectivity index (χ3v) is 5.61. The van der Waals surface area contributed by atoms with Gasteiger partial charge in [0.15, 0.2) is 0 Å². The van der Waals surface area contributed by atoms with Gasteiger partial charge in [0.25, 0.3) is 0 Å². The fourth-order valence-electron chi connectivity index (χ4n) is 4.22. The molecule has 3 nitrogen and oxygen atoms in total. The van der Waals surface area contributed by atoms with Gasteiger partial charge in [-0.25, -0.2) is 0 Å². The second kappa shape index (κ2) is 5.61. The summed E-state index contributed by atoms with van der Waals surface area (Å²) in [6.45, 7) is 6.51. The Balaban J connectivity index is 0.00000133. The zero-order chi connectivity index (χ0) is 12.6. The van der Waals surface area contributed by atoms with Gasteiger partial charge in [-0.3, -0.25) is 4.79 Å². The molecule has 1 saturated carbocycles. The Hall–Kier alpha value is -0.280. The highest BCUT2D eigenvalue weighted by Gasteiger charge is 2.45. The monoisotopic (exact) mass is 286 g/mol. The van der Waals surface area contributed by atoms with E-state index in [0.29, 0.717) is 11.3 Å². The fraction of sp³-hybridized carbons (Fsp3) is 0.933. The van der Waals surface area contributed by atoms with Crippen molar-refractivity contribution in [2.45, 2.75) is 51.9 Å². The van der Waals surface area contributed by atoms with Crippen molar-refractivity contribution in [2.24, 2.45) is 10.8 Å². The number of hydrogen-bond acceptors (Lipinski definition) is 2. The minimum absolute atomic E-state index is 0. The molecule has 0 atom stereocenters. The van der Waals surface area contributed by atoms with Crippen LogP contribution in [0.3, 0.4) is 0 Å². The number of piperidine rings is 1. The minimum atomic E-state index is -0.0293. The molecule has 4 heteroatoms. The van der Waals surface area contributed by atoms with Crippen LogP contribution in [-0.4, -0.2) is 37.0 Å². The van der Waals surface area contributed by atoms with E-state index in [1.165, 1.54) is 32.1 Å². The molecule has 1 spiro atoms. The Morgan fingerprint density at radius 3 is 2.32 bits per heavy atom. The Bertz CT molecular complexity index is 333. The quantitative estimate of drug-likeness (QED) is 0.804. The van der Waals surface area contributed by atoms with Crippen LogP contribution in [0.5, 0.6) is 0 Å². The van der Waals surface area contributed by atoms with E-state index in [0.717, 1.165) is 39.0 Å². The number of amides is 1. The molecule has 110 valence electrons. The summed E-state index contributed by atoms with van der Waals surface area (Å²) in [6.07, 6.45) is 8.45. The summed E-state index contributed by atoms with van der Waals surface area (Å²) in [4.78, 5) is 14.9. The van der Waals surface area contributed by atoms with Crippen molar-refractivity contribution in [1.82, 2.24) is 10.2 Å². The van der Waals surface area contributed by atoms with E-state index < -0.39 is 0 Å². The number of nitrogens with one attached hydrogen (secondary N) is 1. The third-order valence-electron chi connectivity index (χ3n) is 5.61. The van der Waals surface area contributed by atoms with Crippen molar-refractivity contribution < 1.29 is 4.79 Å². The molecule has 19 heavy (non-hydrogen) atoms. The Morgan fingerprint density at radius 1 is 1.05 bits per heavy atom. The van der Waals surface area contributed by atoms with E-state index in [1.54, 1.807) is 0 Å². The van der Waals surface area contributed by atoms with Crippen LogP contribution in [0.25, 0.3) is 0 Å². The second-order valence-electron chi connectivity index (χ2n) is 6.99. The molecule has 0 unspecified atom stereocenters. The molecule has 1 N–H and O–H groups in total. The molecule has 3 aliphatic rings. The van der Waals surface area contributed by atoms with Crippen molar-refractivity contribution in [3.05, 3.63) is 0 Å². The van der Waals surface area contributed by atoms with Gasteiger partial charge in [-0.2, -0.15) is 0 Å². The molecule has 0 bridgehead atoms. The second-order valence-corrected chi connectivity index (χ2v) is 6.99. The zero-order valence-electron chi connectivity index (χ0n) is 12.0. The molecule has 1 aliphatic carbocycles. The van der Waals surface area contributed by atoms with E-state index >= 15 is 0 Å². The van der Waals surface area contributed by atoms with Crippen LogP contribution < -0.4 is 5.32 Å². The number of rotatable bonds is 1. The van der Waals surface area contributed by atoms with Crippen LogP contribution in [-0.2, 0) is 4.79 Å². The van der Waals surface area contributed by atoms with Crippen molar-refractivity contribution in [3.63, 3.8) is 0 Å². The van der Waals surface area contributed by atoms with E-state index in [-0.39, 0.29) is 17.8 Å². The lowest BCUT2D eigenvalue weighted by Gasteiger charge is -2.35. The lowest BCUT2D eigenvalue weighted by molar-refractivity contribution is -0.140. The summed E-state index contributed by atoms with van der Waals surface area (Å²) in [6, 6.07) is 0. The largest absolute Gasteiger partial charge is 0.342 e. The molecule has 2 heterocycles. The van der Waals surface area contributed by atoms with Crippen molar-refractivity contribution in [1.29, 1.82) is 0 Å². The van der Waals surface area contributed by atoms with Gasteiger partial charge in [-0.1, -0.05) is 19.8 Å². The van der Waals surface area contributed by atoms with Crippen LogP contribution >= 0.6 is 12.4 Å². The van der Waals surface area contributed by atoms with Crippen LogP contribution in [0.1, 0.15) is 51.9 Å². The number of carbonyl (C=O) groups is 1. The third kappa shape index (κ3) is 2.78. The summed E-state index contributed by atoms with van der Waals surface area (Å²) in [5.41, 5.74) is 0.425. The molecule has 0 aromatic heterocycles. The predicted molar refractivity (Wildman–Crippen MR) is 79.6 cm³/mol. The topological polar surface area (TPSA) is 32.3 Å². The normalized spacial score (nSPS) is 28.4. The Morgan fingerprint density at radius 2 is 1.68 bits per heavy atom. The first-order valence-electron chi connectivity index (χ1n) is 7.64. The molecule has 3 fully saturated rings. The molecule has 3 rings (SSSR count). The Kier molecular flexibility index (Phi) is 4.46. The van der Waals surface area contributed by atoms with Crippen LogP contribution in [0.15, 0.2) is 0 Å². The molecule has 0 radical (unpaired) electrons. The van der Waals surface area contributed by atoms with E-state index in [1.807, 2.05) is 0 Å². The fourth-order valence-corrected chi connectivity index (χ4v) is 4.22. The molecule has 2 aliphatic heterocycles. The van der Waals surface area contributed by atoms with Gasteiger partial charge in [0.05, 0.1) is 0 Å². The lowest BCUT2D eigenvalue weighted by Crippen LogP contribution is -2.43. The maximum Gasteiger partial charge on any atom is 0.228 e. The molecule has 1 amide bonds. The predicted octanol–water partition coefficient (Wildman–Crippen LogP) is 2.59. The highest BCUT2D eigenvalue weighted by Crippen LogP contribution is 2.44. The standard InChI is InChI=1S/C15H26N2O.ClH/c1-14(4-2-3-5-14)13(18)17-11-8-15(12-17)6-9-16-10-7-15;/h16H,2-12H2,1H3;1H. The van der Waals surface area contributed by atoms with Crippen molar-refractivity contribution in [3.8, 4) is 0 Å². The number of likely N-dealkylation sites (tertiary alicyclic amines) is 1. The molecule has 2 saturated heterocycles. The van der Waals surface area contributed by atoms with Gasteiger partial charge >= 0.3 is 0 Å². The van der Waals surface area contributed by atoms with Crippen LogP contribution in [0, 0.1) is 10.8 Å². The zero-order valence-corrected chi connectivity index (χ0v) is 12.9. The summed E-state index contributed by atoms with van der Waals surface area (Å²) >= 11 is 0. The molecule has 0 aromatic rings. The summed E-state index contributed by atoms with van der Waals surface area (Å²) < 4.78 is 0. The summed E-state index contributed by atoms with van der Waals surface area (Å²) in [7, 11) is 0. The number of carbonyl (C=O) groups excluding carboxylic acids is 1. The van der Waals surface area contributed by atoms with Gasteiger partial charge in [0, 0.05) is 18.5 Å².